The van der Waals surface area contributed by atoms with Crippen molar-refractivity contribution in [1.29, 1.82) is 0 Å². The highest BCUT2D eigenvalue weighted by Crippen LogP contribution is 2.26. The topological polar surface area (TPSA) is 82.2 Å². The number of benzene rings is 2. The van der Waals surface area contributed by atoms with Crippen LogP contribution in [0.4, 0.5) is 5.69 Å². The lowest BCUT2D eigenvalue weighted by atomic mass is 10.0. The number of amides is 1. The molecule has 2 fully saturated rings. The molecule has 4 rings (SSSR count). The third-order valence-electron chi connectivity index (χ3n) is 6.69. The summed E-state index contributed by atoms with van der Waals surface area (Å²) in [5.41, 5.74) is 1.79. The molecule has 1 N–H and O–H groups in total. The number of rotatable bonds is 7. The molecule has 8 nitrogen and oxygen atoms in total. The van der Waals surface area contributed by atoms with Crippen LogP contribution in [0.3, 0.4) is 0 Å². The number of nitrogens with one attached hydrogen (secondary N) is 1. The number of hydrogen-bond acceptors (Lipinski definition) is 6. The molecule has 2 aromatic rings. The Hall–Kier alpha value is -2.46. The van der Waals surface area contributed by atoms with Gasteiger partial charge in [0.1, 0.15) is 5.75 Å². The van der Waals surface area contributed by atoms with Crippen molar-refractivity contribution < 1.29 is 17.9 Å². The molecule has 1 unspecified atom stereocenters. The van der Waals surface area contributed by atoms with E-state index >= 15 is 0 Å². The van der Waals surface area contributed by atoms with Crippen molar-refractivity contribution in [1.82, 2.24) is 14.1 Å². The molecule has 2 aliphatic heterocycles. The summed E-state index contributed by atoms with van der Waals surface area (Å²) < 4.78 is 32.4. The first kappa shape index (κ1) is 24.7. The Bertz CT molecular complexity index is 1070. The van der Waals surface area contributed by atoms with Gasteiger partial charge in [0.15, 0.2) is 0 Å². The quantitative estimate of drug-likeness (QED) is 0.648. The highest BCUT2D eigenvalue weighted by atomic mass is 32.2. The van der Waals surface area contributed by atoms with Crippen molar-refractivity contribution in [3.8, 4) is 5.75 Å². The zero-order valence-electron chi connectivity index (χ0n) is 19.9. The summed E-state index contributed by atoms with van der Waals surface area (Å²) in [4.78, 5) is 17.4. The van der Waals surface area contributed by atoms with Gasteiger partial charge in [-0.15, -0.1) is 0 Å². The van der Waals surface area contributed by atoms with E-state index in [1.54, 1.807) is 35.7 Å². The van der Waals surface area contributed by atoms with Gasteiger partial charge in [0.2, 0.25) is 15.9 Å². The van der Waals surface area contributed by atoms with E-state index in [2.05, 4.69) is 34.3 Å². The van der Waals surface area contributed by atoms with Gasteiger partial charge in [0.25, 0.3) is 0 Å². The summed E-state index contributed by atoms with van der Waals surface area (Å²) in [6.45, 7) is 3.86. The Morgan fingerprint density at radius 2 is 1.65 bits per heavy atom. The standard InChI is InChI=1S/C25H34N4O4S/c1-27-16-17-28(18-24(27)20-6-10-22(33-2)11-7-20)19-25(30)26-21-8-12-23(13-9-21)34(31,32)29-14-4-3-5-15-29/h6-13,24H,3-5,14-19H2,1-2H3,(H,26,30). The SMILES string of the molecule is COc1ccc(C2CN(CC(=O)Nc3ccc(S(=O)(=O)N4CCCCC4)cc3)CCN2C)cc1. The molecule has 0 spiro atoms. The van der Waals surface area contributed by atoms with Gasteiger partial charge >= 0.3 is 0 Å². The number of piperidine rings is 1. The fraction of sp³-hybridized carbons (Fsp3) is 0.480. The van der Waals surface area contributed by atoms with Crippen LogP contribution in [-0.4, -0.2) is 81.9 Å². The number of likely N-dealkylation sites (N-methyl/N-ethyl adjacent to an activating group) is 1. The average Bonchev–Trinajstić information content (AvgIpc) is 2.86. The number of ether oxygens (including phenoxy) is 1. The highest BCUT2D eigenvalue weighted by molar-refractivity contribution is 7.89. The second-order valence-corrected chi connectivity index (χ2v) is 11.0. The third-order valence-corrected chi connectivity index (χ3v) is 8.60. The van der Waals surface area contributed by atoms with Gasteiger partial charge in [-0.3, -0.25) is 14.6 Å². The Balaban J connectivity index is 1.34. The van der Waals surface area contributed by atoms with E-state index in [9.17, 15) is 13.2 Å². The van der Waals surface area contributed by atoms with Crippen molar-refractivity contribution in [2.75, 3.05) is 58.7 Å². The molecule has 1 atom stereocenters. The largest absolute Gasteiger partial charge is 0.497 e. The molecular weight excluding hydrogens is 452 g/mol. The van der Waals surface area contributed by atoms with Crippen LogP contribution in [0.25, 0.3) is 0 Å². The lowest BCUT2D eigenvalue weighted by molar-refractivity contribution is -0.118. The van der Waals surface area contributed by atoms with Crippen LogP contribution in [-0.2, 0) is 14.8 Å². The number of sulfonamides is 1. The first-order chi connectivity index (χ1) is 16.4. The normalized spacial score (nSPS) is 20.7. The minimum atomic E-state index is -3.47. The monoisotopic (exact) mass is 486 g/mol. The van der Waals surface area contributed by atoms with Gasteiger partial charge in [0.05, 0.1) is 18.6 Å². The Labute approximate surface area is 202 Å². The van der Waals surface area contributed by atoms with Crippen LogP contribution in [0.1, 0.15) is 30.9 Å². The second-order valence-electron chi connectivity index (χ2n) is 9.04. The Morgan fingerprint density at radius 3 is 2.29 bits per heavy atom. The molecule has 9 heteroatoms. The molecule has 0 bridgehead atoms. The van der Waals surface area contributed by atoms with Crippen LogP contribution in [0.5, 0.6) is 5.75 Å². The third kappa shape index (κ3) is 5.78. The lowest BCUT2D eigenvalue weighted by Gasteiger charge is -2.39. The highest BCUT2D eigenvalue weighted by Gasteiger charge is 2.28. The van der Waals surface area contributed by atoms with Crippen molar-refractivity contribution >= 4 is 21.6 Å². The smallest absolute Gasteiger partial charge is 0.243 e. The summed E-state index contributed by atoms with van der Waals surface area (Å²) in [5, 5.41) is 2.91. The minimum Gasteiger partial charge on any atom is -0.497 e. The fourth-order valence-corrected chi connectivity index (χ4v) is 6.15. The maximum Gasteiger partial charge on any atom is 0.243 e. The molecule has 184 valence electrons. The summed E-state index contributed by atoms with van der Waals surface area (Å²) in [7, 11) is 0.287. The molecule has 0 aromatic heterocycles. The first-order valence-electron chi connectivity index (χ1n) is 11.8. The van der Waals surface area contributed by atoms with Crippen molar-refractivity contribution in [3.05, 3.63) is 54.1 Å². The van der Waals surface area contributed by atoms with Crippen LogP contribution in [0, 0.1) is 0 Å². The molecule has 34 heavy (non-hydrogen) atoms. The van der Waals surface area contributed by atoms with Crippen LogP contribution in [0.15, 0.2) is 53.4 Å². The molecule has 2 aliphatic rings. The minimum absolute atomic E-state index is 0.107. The summed E-state index contributed by atoms with van der Waals surface area (Å²) >= 11 is 0. The number of carbonyl (C=O) groups is 1. The van der Waals surface area contributed by atoms with E-state index in [1.807, 2.05) is 12.1 Å². The van der Waals surface area contributed by atoms with E-state index < -0.39 is 10.0 Å². The zero-order valence-corrected chi connectivity index (χ0v) is 20.8. The van der Waals surface area contributed by atoms with E-state index in [1.165, 1.54) is 5.56 Å². The number of carbonyl (C=O) groups excluding carboxylic acids is 1. The molecule has 1 amide bonds. The van der Waals surface area contributed by atoms with Crippen LogP contribution < -0.4 is 10.1 Å². The number of hydrogen-bond donors (Lipinski definition) is 1. The molecule has 0 radical (unpaired) electrons. The van der Waals surface area contributed by atoms with Gasteiger partial charge in [-0.25, -0.2) is 8.42 Å². The molecule has 2 aromatic carbocycles. The number of methoxy groups -OCH3 is 1. The first-order valence-corrected chi connectivity index (χ1v) is 13.3. The number of anilines is 1. The predicted octanol–water partition coefficient (Wildman–Crippen LogP) is 2.80. The van der Waals surface area contributed by atoms with E-state index in [-0.39, 0.29) is 23.4 Å². The van der Waals surface area contributed by atoms with Gasteiger partial charge < -0.3 is 10.1 Å². The average molecular weight is 487 g/mol. The fourth-order valence-electron chi connectivity index (χ4n) is 4.63. The second kappa shape index (κ2) is 10.9. The van der Waals surface area contributed by atoms with Crippen molar-refractivity contribution in [2.45, 2.75) is 30.2 Å². The van der Waals surface area contributed by atoms with E-state index in [4.69, 9.17) is 4.74 Å². The molecule has 0 saturated carbocycles. The van der Waals surface area contributed by atoms with Gasteiger partial charge in [0, 0.05) is 44.5 Å². The molecular formula is C25H34N4O4S. The Morgan fingerprint density at radius 1 is 0.971 bits per heavy atom. The van der Waals surface area contributed by atoms with Crippen molar-refractivity contribution in [3.63, 3.8) is 0 Å². The van der Waals surface area contributed by atoms with Crippen LogP contribution >= 0.6 is 0 Å². The van der Waals surface area contributed by atoms with Gasteiger partial charge in [-0.05, 0) is 61.9 Å². The van der Waals surface area contributed by atoms with Crippen LogP contribution in [0.2, 0.25) is 0 Å². The summed E-state index contributed by atoms with van der Waals surface area (Å²) in [6.07, 6.45) is 2.88. The molecule has 0 aliphatic carbocycles. The summed E-state index contributed by atoms with van der Waals surface area (Å²) in [6, 6.07) is 14.8. The summed E-state index contributed by atoms with van der Waals surface area (Å²) in [5.74, 6) is 0.720. The van der Waals surface area contributed by atoms with Crippen molar-refractivity contribution in [2.24, 2.45) is 0 Å². The lowest BCUT2D eigenvalue weighted by Crippen LogP contribution is -2.48. The molecule has 2 heterocycles. The van der Waals surface area contributed by atoms with Gasteiger partial charge in [-0.1, -0.05) is 18.6 Å². The van der Waals surface area contributed by atoms with E-state index in [0.717, 1.165) is 44.6 Å². The Kier molecular flexibility index (Phi) is 7.88. The number of nitrogens with zero attached hydrogens (tertiary/aromatic N) is 3. The zero-order chi connectivity index (χ0) is 24.1. The maximum atomic E-state index is 12.8. The predicted molar refractivity (Wildman–Crippen MR) is 132 cm³/mol. The maximum absolute atomic E-state index is 12.8. The molecule has 2 saturated heterocycles. The van der Waals surface area contributed by atoms with Gasteiger partial charge in [-0.2, -0.15) is 4.31 Å². The van der Waals surface area contributed by atoms with E-state index in [0.29, 0.717) is 18.8 Å². The number of piperazine rings is 1.